The first-order chi connectivity index (χ1) is 10.4. The molecular formula is C11H11F5N6O. The average Bonchev–Trinajstić information content (AvgIpc) is 3.05. The standard InChI is InChI=1S/C11H11F5N6O/c1-9(2,3)6-19-7(10(12,13)11(14,15)16)22(20-6)8(23)21-5-17-4-18-21/h4-5H,1-3H3. The van der Waals surface area contributed by atoms with E-state index in [2.05, 4.69) is 20.2 Å². The maximum Gasteiger partial charge on any atom is 0.461 e. The molecule has 2 heterocycles. The van der Waals surface area contributed by atoms with Gasteiger partial charge in [0.1, 0.15) is 12.7 Å². The van der Waals surface area contributed by atoms with Gasteiger partial charge in [0.15, 0.2) is 5.82 Å². The van der Waals surface area contributed by atoms with Crippen LogP contribution in [0.15, 0.2) is 12.7 Å². The molecule has 7 nitrogen and oxygen atoms in total. The summed E-state index contributed by atoms with van der Waals surface area (Å²) in [6.07, 6.45) is -4.17. The fourth-order valence-electron chi connectivity index (χ4n) is 1.50. The highest BCUT2D eigenvalue weighted by molar-refractivity contribution is 5.77. The second-order valence-corrected chi connectivity index (χ2v) is 5.62. The van der Waals surface area contributed by atoms with Crippen LogP contribution < -0.4 is 0 Å². The van der Waals surface area contributed by atoms with E-state index < -0.39 is 29.4 Å². The van der Waals surface area contributed by atoms with E-state index in [0.717, 1.165) is 12.7 Å². The molecule has 0 aromatic carbocycles. The Labute approximate surface area is 126 Å². The van der Waals surface area contributed by atoms with Gasteiger partial charge in [-0.15, -0.1) is 5.10 Å². The topological polar surface area (TPSA) is 78.5 Å². The van der Waals surface area contributed by atoms with Crippen molar-refractivity contribution in [2.24, 2.45) is 0 Å². The van der Waals surface area contributed by atoms with Crippen molar-refractivity contribution in [2.45, 2.75) is 38.3 Å². The van der Waals surface area contributed by atoms with Crippen LogP contribution in [-0.2, 0) is 11.3 Å². The molecule has 0 atom stereocenters. The predicted octanol–water partition coefficient (Wildman–Crippen LogP) is 2.34. The Morgan fingerprint density at radius 1 is 1.13 bits per heavy atom. The van der Waals surface area contributed by atoms with Crippen LogP contribution in [0.4, 0.5) is 26.7 Å². The molecular weight excluding hydrogens is 327 g/mol. The second-order valence-electron chi connectivity index (χ2n) is 5.62. The first-order valence-corrected chi connectivity index (χ1v) is 6.17. The van der Waals surface area contributed by atoms with Gasteiger partial charge >= 0.3 is 18.1 Å². The molecule has 2 aromatic rings. The predicted molar refractivity (Wildman–Crippen MR) is 64.9 cm³/mol. The Morgan fingerprint density at radius 3 is 2.17 bits per heavy atom. The molecule has 0 fully saturated rings. The average molecular weight is 338 g/mol. The van der Waals surface area contributed by atoms with E-state index in [1.54, 1.807) is 0 Å². The van der Waals surface area contributed by atoms with Crippen LogP contribution in [0.5, 0.6) is 0 Å². The SMILES string of the molecule is CC(C)(C)c1nc(C(F)(F)C(F)(F)F)n(C(=O)n2cncn2)n1. The van der Waals surface area contributed by atoms with Gasteiger partial charge in [-0.05, 0) is 0 Å². The molecule has 0 radical (unpaired) electrons. The summed E-state index contributed by atoms with van der Waals surface area (Å²) in [5, 5.41) is 6.90. The van der Waals surface area contributed by atoms with Crippen LogP contribution >= 0.6 is 0 Å². The molecule has 0 aliphatic heterocycles. The van der Waals surface area contributed by atoms with E-state index in [0.29, 0.717) is 4.68 Å². The molecule has 0 aliphatic carbocycles. The van der Waals surface area contributed by atoms with Gasteiger partial charge in [0.2, 0.25) is 5.82 Å². The van der Waals surface area contributed by atoms with Gasteiger partial charge in [-0.25, -0.2) is 14.8 Å². The highest BCUT2D eigenvalue weighted by Gasteiger charge is 2.63. The molecule has 0 aliphatic rings. The maximum absolute atomic E-state index is 13.7. The quantitative estimate of drug-likeness (QED) is 0.746. The third kappa shape index (κ3) is 2.92. The van der Waals surface area contributed by atoms with Crippen molar-refractivity contribution in [1.82, 2.24) is 29.5 Å². The molecule has 0 bridgehead atoms. The van der Waals surface area contributed by atoms with Crippen molar-refractivity contribution in [3.8, 4) is 0 Å². The van der Waals surface area contributed by atoms with E-state index in [1.807, 2.05) is 0 Å². The molecule has 0 saturated carbocycles. The van der Waals surface area contributed by atoms with E-state index in [4.69, 9.17) is 0 Å². The summed E-state index contributed by atoms with van der Waals surface area (Å²) < 4.78 is 65.6. The number of hydrogen-bond donors (Lipinski definition) is 0. The minimum absolute atomic E-state index is 0.108. The summed E-state index contributed by atoms with van der Waals surface area (Å²) in [7, 11) is 0. The number of halogens is 5. The lowest BCUT2D eigenvalue weighted by atomic mass is 9.96. The lowest BCUT2D eigenvalue weighted by Gasteiger charge is -2.18. The summed E-state index contributed by atoms with van der Waals surface area (Å²) in [5.41, 5.74) is -0.954. The van der Waals surface area contributed by atoms with E-state index in [1.165, 1.54) is 20.8 Å². The van der Waals surface area contributed by atoms with Crippen molar-refractivity contribution in [1.29, 1.82) is 0 Å². The second kappa shape index (κ2) is 5.06. The first-order valence-electron chi connectivity index (χ1n) is 6.17. The lowest BCUT2D eigenvalue weighted by Crippen LogP contribution is -2.38. The Morgan fingerprint density at radius 2 is 1.74 bits per heavy atom. The minimum atomic E-state index is -5.93. The van der Waals surface area contributed by atoms with E-state index >= 15 is 0 Å². The van der Waals surface area contributed by atoms with Gasteiger partial charge in [-0.1, -0.05) is 20.8 Å². The Bertz CT molecular complexity index is 712. The molecule has 2 aromatic heterocycles. The number of carbonyl (C=O) groups excluding carboxylic acids is 1. The lowest BCUT2D eigenvalue weighted by molar-refractivity contribution is -0.293. The van der Waals surface area contributed by atoms with Crippen LogP contribution in [0.2, 0.25) is 0 Å². The summed E-state index contributed by atoms with van der Waals surface area (Å²) in [4.78, 5) is 18.7. The normalized spacial score (nSPS) is 13.4. The number of aromatic nitrogens is 6. The van der Waals surface area contributed by atoms with Crippen molar-refractivity contribution >= 4 is 6.03 Å². The highest BCUT2D eigenvalue weighted by atomic mass is 19.4. The smallest absolute Gasteiger partial charge is 0.243 e. The van der Waals surface area contributed by atoms with Gasteiger partial charge in [-0.3, -0.25) is 0 Å². The van der Waals surface area contributed by atoms with Gasteiger partial charge < -0.3 is 0 Å². The van der Waals surface area contributed by atoms with Gasteiger partial charge in [0.25, 0.3) is 0 Å². The molecule has 0 amide bonds. The van der Waals surface area contributed by atoms with Crippen LogP contribution in [0.1, 0.15) is 32.4 Å². The zero-order chi connectivity index (χ0) is 17.6. The Balaban J connectivity index is 2.66. The third-order valence-corrected chi connectivity index (χ3v) is 2.71. The highest BCUT2D eigenvalue weighted by Crippen LogP contribution is 2.43. The molecule has 12 heteroatoms. The monoisotopic (exact) mass is 338 g/mol. The van der Waals surface area contributed by atoms with Gasteiger partial charge in [-0.2, -0.15) is 36.4 Å². The van der Waals surface area contributed by atoms with Crippen LogP contribution in [0.25, 0.3) is 0 Å². The van der Waals surface area contributed by atoms with Crippen LogP contribution in [0.3, 0.4) is 0 Å². The number of nitrogens with zero attached hydrogens (tertiary/aromatic N) is 6. The molecule has 2 rings (SSSR count). The summed E-state index contributed by atoms with van der Waals surface area (Å²) in [5.74, 6) is -7.53. The summed E-state index contributed by atoms with van der Waals surface area (Å²) >= 11 is 0. The van der Waals surface area contributed by atoms with Gasteiger partial charge in [0.05, 0.1) is 0 Å². The molecule has 0 N–H and O–H groups in total. The number of alkyl halides is 5. The molecule has 23 heavy (non-hydrogen) atoms. The first kappa shape index (κ1) is 17.0. The van der Waals surface area contributed by atoms with Gasteiger partial charge in [0, 0.05) is 5.41 Å². The van der Waals surface area contributed by atoms with Crippen molar-refractivity contribution in [3.05, 3.63) is 24.3 Å². The number of rotatable bonds is 1. The Kier molecular flexibility index (Phi) is 3.73. The molecule has 126 valence electrons. The zero-order valence-electron chi connectivity index (χ0n) is 12.1. The summed E-state index contributed by atoms with van der Waals surface area (Å²) in [6.45, 7) is 4.51. The minimum Gasteiger partial charge on any atom is -0.243 e. The van der Waals surface area contributed by atoms with E-state index in [-0.39, 0.29) is 10.5 Å². The fourth-order valence-corrected chi connectivity index (χ4v) is 1.50. The van der Waals surface area contributed by atoms with Crippen molar-refractivity contribution < 1.29 is 26.7 Å². The number of carbonyl (C=O) groups is 1. The fraction of sp³-hybridized carbons (Fsp3) is 0.545. The molecule has 0 saturated heterocycles. The maximum atomic E-state index is 13.7. The van der Waals surface area contributed by atoms with Crippen molar-refractivity contribution in [2.75, 3.05) is 0 Å². The Hall–Kier alpha value is -2.40. The van der Waals surface area contributed by atoms with E-state index in [9.17, 15) is 26.7 Å². The number of hydrogen-bond acceptors (Lipinski definition) is 5. The van der Waals surface area contributed by atoms with Crippen LogP contribution in [-0.4, -0.2) is 41.7 Å². The van der Waals surface area contributed by atoms with Crippen LogP contribution in [0, 0.1) is 0 Å². The zero-order valence-corrected chi connectivity index (χ0v) is 12.1. The molecule has 0 unspecified atom stereocenters. The van der Waals surface area contributed by atoms with Crippen molar-refractivity contribution in [3.63, 3.8) is 0 Å². The summed E-state index contributed by atoms with van der Waals surface area (Å²) in [6, 6.07) is -1.36. The third-order valence-electron chi connectivity index (χ3n) is 2.71. The largest absolute Gasteiger partial charge is 0.461 e. The molecule has 0 spiro atoms.